The summed E-state index contributed by atoms with van der Waals surface area (Å²) in [6.07, 6.45) is -6.00. The Balaban J connectivity index is 2.88. The van der Waals surface area contributed by atoms with Crippen molar-refractivity contribution in [2.24, 2.45) is 0 Å². The monoisotopic (exact) mass is 297 g/mol. The summed E-state index contributed by atoms with van der Waals surface area (Å²) in [7, 11) is 0. The molecule has 1 aromatic carbocycles. The van der Waals surface area contributed by atoms with Gasteiger partial charge in [-0.15, -0.1) is 0 Å². The number of aliphatic carboxylic acids is 1. The number of hydrogen-bond acceptors (Lipinski definition) is 2. The van der Waals surface area contributed by atoms with Crippen molar-refractivity contribution in [3.63, 3.8) is 0 Å². The van der Waals surface area contributed by atoms with E-state index in [1.165, 1.54) is 5.32 Å². The van der Waals surface area contributed by atoms with Gasteiger partial charge in [0.15, 0.2) is 0 Å². The van der Waals surface area contributed by atoms with Crippen LogP contribution in [0.15, 0.2) is 18.2 Å². The van der Waals surface area contributed by atoms with Gasteiger partial charge >= 0.3 is 18.1 Å². The van der Waals surface area contributed by atoms with Crippen LogP contribution in [0.25, 0.3) is 0 Å². The number of nitrogens with one attached hydrogen (secondary N) is 1. The molecule has 1 aromatic rings. The van der Waals surface area contributed by atoms with Crippen molar-refractivity contribution in [2.75, 3.05) is 0 Å². The Morgan fingerprint density at radius 1 is 1.25 bits per heavy atom. The third-order valence-electron chi connectivity index (χ3n) is 2.30. The van der Waals surface area contributed by atoms with Crippen LogP contribution in [0.4, 0.5) is 22.0 Å². The third kappa shape index (κ3) is 4.18. The average molecular weight is 297 g/mol. The Kier molecular flexibility index (Phi) is 4.64. The minimum atomic E-state index is -5.25. The molecule has 1 unspecified atom stereocenters. The predicted molar refractivity (Wildman–Crippen MR) is 55.7 cm³/mol. The van der Waals surface area contributed by atoms with Crippen molar-refractivity contribution in [2.45, 2.75) is 18.6 Å². The molecule has 1 atom stereocenters. The average Bonchev–Trinajstić information content (AvgIpc) is 2.29. The largest absolute Gasteiger partial charge is 0.480 e. The zero-order valence-electron chi connectivity index (χ0n) is 9.67. The summed E-state index contributed by atoms with van der Waals surface area (Å²) < 4.78 is 62.0. The fourth-order valence-electron chi connectivity index (χ4n) is 1.35. The molecule has 0 aliphatic rings. The molecule has 4 nitrogen and oxygen atoms in total. The van der Waals surface area contributed by atoms with Crippen LogP contribution in [0.2, 0.25) is 0 Å². The quantitative estimate of drug-likeness (QED) is 0.830. The van der Waals surface area contributed by atoms with Crippen LogP contribution < -0.4 is 5.32 Å². The molecule has 0 fully saturated rings. The normalized spacial score (nSPS) is 12.8. The maximum atomic E-state index is 13.3. The number of amides is 1. The number of benzene rings is 1. The molecule has 20 heavy (non-hydrogen) atoms. The molecule has 0 bridgehead atoms. The van der Waals surface area contributed by atoms with Gasteiger partial charge in [0, 0.05) is 12.5 Å². The molecule has 0 aliphatic heterocycles. The Labute approximate surface area is 109 Å². The zero-order chi connectivity index (χ0) is 15.5. The van der Waals surface area contributed by atoms with E-state index < -0.39 is 42.1 Å². The summed E-state index contributed by atoms with van der Waals surface area (Å²) >= 11 is 0. The highest BCUT2D eigenvalue weighted by atomic mass is 19.4. The molecule has 0 saturated carbocycles. The standard InChI is InChI=1S/C11H8F5NO3/c12-6-2-1-5(7(13)4-6)3-8(9(18)19)17-10(20)11(14,15)16/h1-2,4,8H,3H2,(H,17,20)(H,18,19). The van der Waals surface area contributed by atoms with Crippen molar-refractivity contribution in [3.8, 4) is 0 Å². The van der Waals surface area contributed by atoms with Crippen LogP contribution in [-0.2, 0) is 16.0 Å². The van der Waals surface area contributed by atoms with E-state index in [4.69, 9.17) is 5.11 Å². The van der Waals surface area contributed by atoms with Crippen molar-refractivity contribution >= 4 is 11.9 Å². The summed E-state index contributed by atoms with van der Waals surface area (Å²) in [5, 5.41) is 9.94. The lowest BCUT2D eigenvalue weighted by Gasteiger charge is -2.16. The number of carboxylic acid groups (broad SMARTS) is 1. The van der Waals surface area contributed by atoms with Gasteiger partial charge in [0.1, 0.15) is 17.7 Å². The van der Waals surface area contributed by atoms with E-state index in [0.717, 1.165) is 12.1 Å². The fraction of sp³-hybridized carbons (Fsp3) is 0.273. The number of carbonyl (C=O) groups excluding carboxylic acids is 1. The lowest BCUT2D eigenvalue weighted by molar-refractivity contribution is -0.175. The Morgan fingerprint density at radius 2 is 1.85 bits per heavy atom. The van der Waals surface area contributed by atoms with Crippen LogP contribution >= 0.6 is 0 Å². The Morgan fingerprint density at radius 3 is 2.30 bits per heavy atom. The summed E-state index contributed by atoms with van der Waals surface area (Å²) in [5.74, 6) is -6.26. The zero-order valence-corrected chi connectivity index (χ0v) is 9.67. The highest BCUT2D eigenvalue weighted by Crippen LogP contribution is 2.16. The van der Waals surface area contributed by atoms with Gasteiger partial charge in [-0.05, 0) is 11.6 Å². The number of hydrogen-bond donors (Lipinski definition) is 2. The van der Waals surface area contributed by atoms with Crippen molar-refractivity contribution in [1.82, 2.24) is 5.32 Å². The number of rotatable bonds is 4. The molecule has 2 N–H and O–H groups in total. The second kappa shape index (κ2) is 5.85. The number of alkyl halides is 3. The van der Waals surface area contributed by atoms with E-state index in [1.54, 1.807) is 0 Å². The van der Waals surface area contributed by atoms with E-state index in [0.29, 0.717) is 6.07 Å². The second-order valence-electron chi connectivity index (χ2n) is 3.80. The van der Waals surface area contributed by atoms with Gasteiger partial charge in [-0.3, -0.25) is 4.79 Å². The summed E-state index contributed by atoms with van der Waals surface area (Å²) in [5.41, 5.74) is -0.332. The van der Waals surface area contributed by atoms with E-state index in [1.807, 2.05) is 0 Å². The SMILES string of the molecule is O=C(O)C(Cc1ccc(F)cc1F)NC(=O)C(F)(F)F. The van der Waals surface area contributed by atoms with Gasteiger partial charge < -0.3 is 10.4 Å². The van der Waals surface area contributed by atoms with Crippen LogP contribution in [0.5, 0.6) is 0 Å². The topological polar surface area (TPSA) is 66.4 Å². The smallest absolute Gasteiger partial charge is 0.471 e. The molecule has 1 amide bonds. The molecule has 110 valence electrons. The van der Waals surface area contributed by atoms with Gasteiger partial charge in [0.05, 0.1) is 0 Å². The van der Waals surface area contributed by atoms with Gasteiger partial charge in [-0.1, -0.05) is 6.07 Å². The first-order valence-electron chi connectivity index (χ1n) is 5.15. The summed E-state index contributed by atoms with van der Waals surface area (Å²) in [6, 6.07) is 0.187. The first-order chi connectivity index (χ1) is 9.11. The first kappa shape index (κ1) is 15.9. The Bertz CT molecular complexity index is 529. The van der Waals surface area contributed by atoms with E-state index in [9.17, 15) is 31.5 Å². The van der Waals surface area contributed by atoms with E-state index in [2.05, 4.69) is 0 Å². The van der Waals surface area contributed by atoms with Gasteiger partial charge in [-0.2, -0.15) is 13.2 Å². The molecule has 9 heteroatoms. The minimum Gasteiger partial charge on any atom is -0.480 e. The van der Waals surface area contributed by atoms with Crippen LogP contribution in [0.3, 0.4) is 0 Å². The Hall–Kier alpha value is -2.19. The summed E-state index contributed by atoms with van der Waals surface area (Å²) in [4.78, 5) is 21.4. The molecule has 0 spiro atoms. The van der Waals surface area contributed by atoms with Crippen LogP contribution in [0.1, 0.15) is 5.56 Å². The van der Waals surface area contributed by atoms with Gasteiger partial charge in [0.25, 0.3) is 0 Å². The number of halogens is 5. The van der Waals surface area contributed by atoms with Crippen molar-refractivity contribution in [3.05, 3.63) is 35.4 Å². The number of carbonyl (C=O) groups is 2. The second-order valence-corrected chi connectivity index (χ2v) is 3.80. The molecule has 0 heterocycles. The lowest BCUT2D eigenvalue weighted by atomic mass is 10.1. The molecule has 1 rings (SSSR count). The molecular formula is C11H8F5NO3. The lowest BCUT2D eigenvalue weighted by Crippen LogP contribution is -2.48. The molecule has 0 aromatic heterocycles. The minimum absolute atomic E-state index is 0.332. The van der Waals surface area contributed by atoms with Gasteiger partial charge in [-0.25, -0.2) is 13.6 Å². The van der Waals surface area contributed by atoms with Crippen LogP contribution in [0, 0.1) is 11.6 Å². The van der Waals surface area contributed by atoms with Crippen LogP contribution in [-0.4, -0.2) is 29.2 Å². The van der Waals surface area contributed by atoms with Gasteiger partial charge in [0.2, 0.25) is 0 Å². The predicted octanol–water partition coefficient (Wildman–Crippen LogP) is 1.64. The van der Waals surface area contributed by atoms with E-state index in [-0.39, 0.29) is 5.56 Å². The summed E-state index contributed by atoms with van der Waals surface area (Å²) in [6.45, 7) is 0. The van der Waals surface area contributed by atoms with Crippen molar-refractivity contribution in [1.29, 1.82) is 0 Å². The molecule has 0 saturated heterocycles. The highest BCUT2D eigenvalue weighted by molar-refractivity contribution is 5.87. The molecular weight excluding hydrogens is 289 g/mol. The fourth-order valence-corrected chi connectivity index (χ4v) is 1.35. The third-order valence-corrected chi connectivity index (χ3v) is 2.30. The maximum absolute atomic E-state index is 13.3. The van der Waals surface area contributed by atoms with E-state index >= 15 is 0 Å². The highest BCUT2D eigenvalue weighted by Gasteiger charge is 2.40. The molecule has 0 radical (unpaired) electrons. The first-order valence-corrected chi connectivity index (χ1v) is 5.15. The maximum Gasteiger partial charge on any atom is 0.471 e. The molecule has 0 aliphatic carbocycles. The van der Waals surface area contributed by atoms with Crippen molar-refractivity contribution < 1.29 is 36.6 Å². The number of carboxylic acids is 1.